The summed E-state index contributed by atoms with van der Waals surface area (Å²) in [5.74, 6) is 0.833. The second-order valence-electron chi connectivity index (χ2n) is 3.85. The first-order valence-electron chi connectivity index (χ1n) is 6.12. The van der Waals surface area contributed by atoms with E-state index in [9.17, 15) is 0 Å². The van der Waals surface area contributed by atoms with E-state index in [0.29, 0.717) is 13.2 Å². The molecule has 0 aromatic carbocycles. The van der Waals surface area contributed by atoms with E-state index in [1.54, 1.807) is 7.11 Å². The Kier molecular flexibility index (Phi) is 11.9. The van der Waals surface area contributed by atoms with Crippen LogP contribution in [-0.2, 0) is 9.47 Å². The van der Waals surface area contributed by atoms with Gasteiger partial charge in [0, 0.05) is 13.7 Å². The highest BCUT2D eigenvalue weighted by Gasteiger charge is 2.01. The van der Waals surface area contributed by atoms with Crippen LogP contribution in [0, 0.1) is 5.92 Å². The van der Waals surface area contributed by atoms with Crippen LogP contribution in [-0.4, -0.2) is 40.0 Å². The lowest BCUT2D eigenvalue weighted by atomic mass is 10.0. The van der Waals surface area contributed by atoms with E-state index in [1.165, 1.54) is 12.8 Å². The van der Waals surface area contributed by atoms with Gasteiger partial charge in [-0.15, -0.1) is 0 Å². The quantitative estimate of drug-likeness (QED) is 0.537. The van der Waals surface area contributed by atoms with Crippen molar-refractivity contribution in [2.75, 3.05) is 40.0 Å². The largest absolute Gasteiger partial charge is 0.382 e. The fraction of sp³-hybridized carbons (Fsp3) is 1.00. The van der Waals surface area contributed by atoms with Gasteiger partial charge in [-0.05, 0) is 25.4 Å². The fourth-order valence-electron chi connectivity index (χ4n) is 1.43. The van der Waals surface area contributed by atoms with E-state index in [0.717, 1.165) is 32.0 Å². The van der Waals surface area contributed by atoms with Crippen LogP contribution >= 0.6 is 0 Å². The van der Waals surface area contributed by atoms with Gasteiger partial charge >= 0.3 is 0 Å². The average Bonchev–Trinajstić information content (AvgIpc) is 2.27. The molecule has 0 amide bonds. The Labute approximate surface area is 94.5 Å². The molecule has 15 heavy (non-hydrogen) atoms. The van der Waals surface area contributed by atoms with Gasteiger partial charge in [-0.1, -0.05) is 26.7 Å². The summed E-state index contributed by atoms with van der Waals surface area (Å²) in [6.07, 6.45) is 3.63. The van der Waals surface area contributed by atoms with Crippen molar-refractivity contribution in [2.45, 2.75) is 33.1 Å². The van der Waals surface area contributed by atoms with Crippen LogP contribution in [0.5, 0.6) is 0 Å². The minimum Gasteiger partial charge on any atom is -0.382 e. The fourth-order valence-corrected chi connectivity index (χ4v) is 1.43. The van der Waals surface area contributed by atoms with Crippen LogP contribution in [0.3, 0.4) is 0 Å². The summed E-state index contributed by atoms with van der Waals surface area (Å²) in [5, 5.41) is 3.47. The molecule has 0 saturated heterocycles. The lowest BCUT2D eigenvalue weighted by Gasteiger charge is -2.13. The van der Waals surface area contributed by atoms with Crippen molar-refractivity contribution >= 4 is 0 Å². The number of methoxy groups -OCH3 is 1. The summed E-state index contributed by atoms with van der Waals surface area (Å²) in [6, 6.07) is 0. The molecule has 0 atom stereocenters. The molecular weight excluding hydrogens is 190 g/mol. The second-order valence-corrected chi connectivity index (χ2v) is 3.85. The van der Waals surface area contributed by atoms with Crippen molar-refractivity contribution in [3.05, 3.63) is 0 Å². The van der Waals surface area contributed by atoms with Crippen molar-refractivity contribution in [1.82, 2.24) is 5.32 Å². The third-order valence-corrected chi connectivity index (χ3v) is 2.66. The first-order valence-corrected chi connectivity index (χ1v) is 6.12. The van der Waals surface area contributed by atoms with Gasteiger partial charge in [0.2, 0.25) is 0 Å². The zero-order valence-electron chi connectivity index (χ0n) is 10.6. The summed E-state index contributed by atoms with van der Waals surface area (Å²) in [4.78, 5) is 0. The Balaban J connectivity index is 3.04. The molecule has 0 fully saturated rings. The van der Waals surface area contributed by atoms with Crippen molar-refractivity contribution in [3.63, 3.8) is 0 Å². The predicted octanol–water partition coefficient (Wildman–Crippen LogP) is 2.07. The van der Waals surface area contributed by atoms with Crippen molar-refractivity contribution in [2.24, 2.45) is 5.92 Å². The molecule has 0 heterocycles. The maximum atomic E-state index is 5.37. The van der Waals surface area contributed by atoms with E-state index in [-0.39, 0.29) is 0 Å². The SMILES string of the molecule is CCC(CC)CNCCCOCCOC. The third-order valence-electron chi connectivity index (χ3n) is 2.66. The summed E-state index contributed by atoms with van der Waals surface area (Å²) in [6.45, 7) is 8.95. The van der Waals surface area contributed by atoms with Gasteiger partial charge in [0.15, 0.2) is 0 Å². The topological polar surface area (TPSA) is 30.5 Å². The van der Waals surface area contributed by atoms with Crippen LogP contribution < -0.4 is 5.32 Å². The zero-order chi connectivity index (χ0) is 11.4. The molecule has 0 bridgehead atoms. The first kappa shape index (κ1) is 14.9. The zero-order valence-corrected chi connectivity index (χ0v) is 10.6. The Hall–Kier alpha value is -0.120. The summed E-state index contributed by atoms with van der Waals surface area (Å²) >= 11 is 0. The molecule has 0 saturated carbocycles. The minimum absolute atomic E-state index is 0.696. The molecule has 0 rings (SSSR count). The Bertz CT molecular complexity index is 116. The van der Waals surface area contributed by atoms with Crippen molar-refractivity contribution < 1.29 is 9.47 Å². The number of hydrogen-bond acceptors (Lipinski definition) is 3. The molecule has 3 nitrogen and oxygen atoms in total. The summed E-state index contributed by atoms with van der Waals surface area (Å²) < 4.78 is 10.3. The van der Waals surface area contributed by atoms with E-state index < -0.39 is 0 Å². The highest BCUT2D eigenvalue weighted by molar-refractivity contribution is 4.58. The molecule has 0 aromatic heterocycles. The highest BCUT2D eigenvalue weighted by Crippen LogP contribution is 2.04. The Morgan fingerprint density at radius 1 is 1.07 bits per heavy atom. The molecule has 0 unspecified atom stereocenters. The van der Waals surface area contributed by atoms with Crippen molar-refractivity contribution in [1.29, 1.82) is 0 Å². The normalized spacial score (nSPS) is 11.2. The van der Waals surface area contributed by atoms with Crippen LogP contribution in [0.25, 0.3) is 0 Å². The number of ether oxygens (including phenoxy) is 2. The number of nitrogens with one attached hydrogen (secondary N) is 1. The molecule has 0 aliphatic rings. The molecule has 0 radical (unpaired) electrons. The summed E-state index contributed by atoms with van der Waals surface area (Å²) in [5.41, 5.74) is 0. The van der Waals surface area contributed by atoms with Gasteiger partial charge in [0.05, 0.1) is 13.2 Å². The molecule has 0 aliphatic carbocycles. The first-order chi connectivity index (χ1) is 7.35. The maximum Gasteiger partial charge on any atom is 0.0700 e. The van der Waals surface area contributed by atoms with E-state index in [1.807, 2.05) is 0 Å². The van der Waals surface area contributed by atoms with E-state index >= 15 is 0 Å². The number of hydrogen-bond donors (Lipinski definition) is 1. The van der Waals surface area contributed by atoms with Gasteiger partial charge in [-0.3, -0.25) is 0 Å². The third kappa shape index (κ3) is 10.2. The molecule has 3 heteroatoms. The lowest BCUT2D eigenvalue weighted by Crippen LogP contribution is -2.24. The minimum atomic E-state index is 0.696. The van der Waals surface area contributed by atoms with Crippen LogP contribution in [0.4, 0.5) is 0 Å². The highest BCUT2D eigenvalue weighted by atomic mass is 16.5. The van der Waals surface area contributed by atoms with E-state index in [2.05, 4.69) is 19.2 Å². The monoisotopic (exact) mass is 217 g/mol. The van der Waals surface area contributed by atoms with Gasteiger partial charge in [-0.25, -0.2) is 0 Å². The van der Waals surface area contributed by atoms with Crippen LogP contribution in [0.2, 0.25) is 0 Å². The van der Waals surface area contributed by atoms with Gasteiger partial charge in [0.1, 0.15) is 0 Å². The average molecular weight is 217 g/mol. The Morgan fingerprint density at radius 2 is 1.80 bits per heavy atom. The van der Waals surface area contributed by atoms with Gasteiger partial charge in [0.25, 0.3) is 0 Å². The second kappa shape index (κ2) is 12.0. The molecular formula is C12H27NO2. The predicted molar refractivity (Wildman–Crippen MR) is 64.3 cm³/mol. The molecule has 0 spiro atoms. The van der Waals surface area contributed by atoms with Crippen LogP contribution in [0.15, 0.2) is 0 Å². The standard InChI is InChI=1S/C12H27NO2/c1-4-12(5-2)11-13-7-6-8-15-10-9-14-3/h12-13H,4-11H2,1-3H3. The van der Waals surface area contributed by atoms with E-state index in [4.69, 9.17) is 9.47 Å². The van der Waals surface area contributed by atoms with Crippen molar-refractivity contribution in [3.8, 4) is 0 Å². The van der Waals surface area contributed by atoms with Gasteiger partial charge in [-0.2, -0.15) is 0 Å². The summed E-state index contributed by atoms with van der Waals surface area (Å²) in [7, 11) is 1.69. The molecule has 0 aliphatic heterocycles. The van der Waals surface area contributed by atoms with Crippen LogP contribution in [0.1, 0.15) is 33.1 Å². The Morgan fingerprint density at radius 3 is 2.40 bits per heavy atom. The molecule has 1 N–H and O–H groups in total. The molecule has 92 valence electrons. The maximum absolute atomic E-state index is 5.37. The number of rotatable bonds is 11. The molecule has 0 aromatic rings. The van der Waals surface area contributed by atoms with Gasteiger partial charge < -0.3 is 14.8 Å². The smallest absolute Gasteiger partial charge is 0.0700 e. The lowest BCUT2D eigenvalue weighted by molar-refractivity contribution is 0.0694.